The van der Waals surface area contributed by atoms with Crippen LogP contribution in [0.4, 0.5) is 0 Å². The molecular formula is C15H24N2OS. The zero-order chi connectivity index (χ0) is 13.7. The number of likely N-dealkylation sites (tertiary alicyclic amines) is 1. The van der Waals surface area contributed by atoms with Gasteiger partial charge in [0.2, 0.25) is 5.91 Å². The fourth-order valence-corrected chi connectivity index (χ4v) is 3.42. The molecule has 1 aliphatic rings. The van der Waals surface area contributed by atoms with E-state index >= 15 is 0 Å². The molecule has 2 heterocycles. The Balaban J connectivity index is 1.82. The second-order valence-electron chi connectivity index (χ2n) is 5.31. The van der Waals surface area contributed by atoms with Crippen LogP contribution < -0.4 is 5.32 Å². The minimum Gasteiger partial charge on any atom is -0.342 e. The van der Waals surface area contributed by atoms with Gasteiger partial charge in [0, 0.05) is 18.0 Å². The molecule has 1 aromatic rings. The number of thiophene rings is 1. The van der Waals surface area contributed by atoms with Crippen LogP contribution >= 0.6 is 11.3 Å². The van der Waals surface area contributed by atoms with Gasteiger partial charge < -0.3 is 10.2 Å². The van der Waals surface area contributed by atoms with Gasteiger partial charge in [0.15, 0.2) is 0 Å². The lowest BCUT2D eigenvalue weighted by Gasteiger charge is -2.33. The van der Waals surface area contributed by atoms with Crippen LogP contribution in [0, 0.1) is 5.92 Å². The highest BCUT2D eigenvalue weighted by Crippen LogP contribution is 2.25. The number of hydrogen-bond donors (Lipinski definition) is 1. The van der Waals surface area contributed by atoms with E-state index in [0.717, 1.165) is 44.9 Å². The standard InChI is InChI=1S/C15H24N2OS/c1-3-16-11-13-6-8-17(9-7-13)15(18)12(2)14-5-4-10-19-14/h4-5,10,12-13,16H,3,6-9,11H2,1-2H3. The molecule has 106 valence electrons. The average Bonchev–Trinajstić information content (AvgIpc) is 2.98. The summed E-state index contributed by atoms with van der Waals surface area (Å²) in [5.41, 5.74) is 0. The van der Waals surface area contributed by atoms with Crippen LogP contribution in [0.1, 0.15) is 37.5 Å². The van der Waals surface area contributed by atoms with E-state index in [1.165, 1.54) is 4.88 Å². The van der Waals surface area contributed by atoms with E-state index in [1.54, 1.807) is 11.3 Å². The van der Waals surface area contributed by atoms with Gasteiger partial charge in [-0.1, -0.05) is 13.0 Å². The third-order valence-electron chi connectivity index (χ3n) is 3.95. The first-order chi connectivity index (χ1) is 9.22. The third kappa shape index (κ3) is 3.80. The van der Waals surface area contributed by atoms with Gasteiger partial charge in [0.25, 0.3) is 0 Å². The van der Waals surface area contributed by atoms with Crippen molar-refractivity contribution >= 4 is 17.2 Å². The Hall–Kier alpha value is -0.870. The Labute approximate surface area is 120 Å². The smallest absolute Gasteiger partial charge is 0.230 e. The van der Waals surface area contributed by atoms with Crippen LogP contribution in [0.3, 0.4) is 0 Å². The lowest BCUT2D eigenvalue weighted by Crippen LogP contribution is -2.42. The molecule has 0 spiro atoms. The number of amides is 1. The molecule has 1 unspecified atom stereocenters. The molecule has 19 heavy (non-hydrogen) atoms. The van der Waals surface area contributed by atoms with Gasteiger partial charge in [-0.05, 0) is 50.2 Å². The number of hydrogen-bond acceptors (Lipinski definition) is 3. The molecule has 3 nitrogen and oxygen atoms in total. The predicted molar refractivity (Wildman–Crippen MR) is 80.6 cm³/mol. The quantitative estimate of drug-likeness (QED) is 0.899. The predicted octanol–water partition coefficient (Wildman–Crippen LogP) is 2.70. The summed E-state index contributed by atoms with van der Waals surface area (Å²) in [5, 5.41) is 5.45. The molecule has 0 saturated carbocycles. The van der Waals surface area contributed by atoms with E-state index in [2.05, 4.69) is 18.3 Å². The molecule has 0 aromatic carbocycles. The van der Waals surface area contributed by atoms with Crippen LogP contribution in [0.5, 0.6) is 0 Å². The summed E-state index contributed by atoms with van der Waals surface area (Å²) in [6.07, 6.45) is 2.27. The second kappa shape index (κ2) is 7.06. The van der Waals surface area contributed by atoms with Gasteiger partial charge in [-0.25, -0.2) is 0 Å². The number of carbonyl (C=O) groups is 1. The van der Waals surface area contributed by atoms with Crippen molar-refractivity contribution in [1.82, 2.24) is 10.2 Å². The first kappa shape index (κ1) is 14.5. The van der Waals surface area contributed by atoms with Crippen LogP contribution in [0.2, 0.25) is 0 Å². The fraction of sp³-hybridized carbons (Fsp3) is 0.667. The molecule has 1 aromatic heterocycles. The van der Waals surface area contributed by atoms with Crippen LogP contribution in [-0.2, 0) is 4.79 Å². The summed E-state index contributed by atoms with van der Waals surface area (Å²) >= 11 is 1.68. The first-order valence-electron chi connectivity index (χ1n) is 7.25. The molecule has 1 aliphatic heterocycles. The van der Waals surface area contributed by atoms with Crippen LogP contribution in [0.15, 0.2) is 17.5 Å². The summed E-state index contributed by atoms with van der Waals surface area (Å²) in [5.74, 6) is 1.05. The Bertz CT molecular complexity index is 383. The van der Waals surface area contributed by atoms with Crippen molar-refractivity contribution in [3.8, 4) is 0 Å². The second-order valence-corrected chi connectivity index (χ2v) is 6.29. The Morgan fingerprint density at radius 1 is 1.53 bits per heavy atom. The topological polar surface area (TPSA) is 32.3 Å². The monoisotopic (exact) mass is 280 g/mol. The van der Waals surface area contributed by atoms with E-state index in [-0.39, 0.29) is 5.92 Å². The number of carbonyl (C=O) groups excluding carboxylic acids is 1. The highest BCUT2D eigenvalue weighted by atomic mass is 32.1. The van der Waals surface area contributed by atoms with E-state index in [4.69, 9.17) is 0 Å². The molecule has 0 bridgehead atoms. The number of nitrogens with one attached hydrogen (secondary N) is 1. The molecule has 1 atom stereocenters. The van der Waals surface area contributed by atoms with Gasteiger partial charge in [0.1, 0.15) is 0 Å². The van der Waals surface area contributed by atoms with Crippen molar-refractivity contribution in [2.75, 3.05) is 26.2 Å². The van der Waals surface area contributed by atoms with Gasteiger partial charge in [-0.2, -0.15) is 0 Å². The van der Waals surface area contributed by atoms with E-state index < -0.39 is 0 Å². The normalized spacial score (nSPS) is 18.5. The van der Waals surface area contributed by atoms with Gasteiger partial charge >= 0.3 is 0 Å². The van der Waals surface area contributed by atoms with Crippen molar-refractivity contribution < 1.29 is 4.79 Å². The molecule has 1 N–H and O–H groups in total. The summed E-state index contributed by atoms with van der Waals surface area (Å²) in [4.78, 5) is 15.7. The fourth-order valence-electron chi connectivity index (χ4n) is 2.64. The van der Waals surface area contributed by atoms with E-state index in [9.17, 15) is 4.79 Å². The van der Waals surface area contributed by atoms with Crippen LogP contribution in [-0.4, -0.2) is 37.0 Å². The largest absolute Gasteiger partial charge is 0.342 e. The van der Waals surface area contributed by atoms with Gasteiger partial charge in [0.05, 0.1) is 5.92 Å². The van der Waals surface area contributed by atoms with E-state index in [0.29, 0.717) is 5.91 Å². The summed E-state index contributed by atoms with van der Waals surface area (Å²) in [7, 11) is 0. The molecule has 0 aliphatic carbocycles. The van der Waals surface area contributed by atoms with Gasteiger partial charge in [-0.3, -0.25) is 4.79 Å². The molecular weight excluding hydrogens is 256 g/mol. The zero-order valence-electron chi connectivity index (χ0n) is 11.9. The molecule has 4 heteroatoms. The first-order valence-corrected chi connectivity index (χ1v) is 8.13. The molecule has 1 amide bonds. The number of nitrogens with zero attached hydrogens (tertiary/aromatic N) is 1. The molecule has 1 saturated heterocycles. The van der Waals surface area contributed by atoms with Crippen molar-refractivity contribution in [1.29, 1.82) is 0 Å². The number of rotatable bonds is 5. The highest BCUT2D eigenvalue weighted by Gasteiger charge is 2.26. The summed E-state index contributed by atoms with van der Waals surface area (Å²) in [6.45, 7) is 8.14. The van der Waals surface area contributed by atoms with Crippen molar-refractivity contribution in [2.45, 2.75) is 32.6 Å². The molecule has 1 fully saturated rings. The van der Waals surface area contributed by atoms with Crippen molar-refractivity contribution in [3.05, 3.63) is 22.4 Å². The maximum atomic E-state index is 12.4. The maximum Gasteiger partial charge on any atom is 0.230 e. The Kier molecular flexibility index (Phi) is 5.40. The van der Waals surface area contributed by atoms with E-state index in [1.807, 2.05) is 23.3 Å². The minimum absolute atomic E-state index is 0.0188. The maximum absolute atomic E-state index is 12.4. The van der Waals surface area contributed by atoms with Crippen molar-refractivity contribution in [2.24, 2.45) is 5.92 Å². The summed E-state index contributed by atoms with van der Waals surface area (Å²) < 4.78 is 0. The third-order valence-corrected chi connectivity index (χ3v) is 5.00. The lowest BCUT2D eigenvalue weighted by atomic mass is 9.95. The van der Waals surface area contributed by atoms with Crippen molar-refractivity contribution in [3.63, 3.8) is 0 Å². The number of piperidine rings is 1. The van der Waals surface area contributed by atoms with Crippen LogP contribution in [0.25, 0.3) is 0 Å². The Morgan fingerprint density at radius 3 is 2.84 bits per heavy atom. The molecule has 2 rings (SSSR count). The Morgan fingerprint density at radius 2 is 2.26 bits per heavy atom. The SMILES string of the molecule is CCNCC1CCN(C(=O)C(C)c2cccs2)CC1. The minimum atomic E-state index is 0.0188. The zero-order valence-corrected chi connectivity index (χ0v) is 12.7. The average molecular weight is 280 g/mol. The highest BCUT2D eigenvalue weighted by molar-refractivity contribution is 7.10. The lowest BCUT2D eigenvalue weighted by molar-refractivity contribution is -0.133. The van der Waals surface area contributed by atoms with Gasteiger partial charge in [-0.15, -0.1) is 11.3 Å². The molecule has 0 radical (unpaired) electrons. The summed E-state index contributed by atoms with van der Waals surface area (Å²) in [6, 6.07) is 4.08.